The first-order valence-corrected chi connectivity index (χ1v) is 8.21. The lowest BCUT2D eigenvalue weighted by molar-refractivity contribution is 0.340. The number of ether oxygens (including phenoxy) is 1. The number of hydrogen-bond donors (Lipinski definition) is 0. The van der Waals surface area contributed by atoms with Gasteiger partial charge in [0.25, 0.3) is 0 Å². The van der Waals surface area contributed by atoms with E-state index in [1.165, 1.54) is 18.2 Å². The molecule has 0 saturated heterocycles. The molecule has 0 spiro atoms. The van der Waals surface area contributed by atoms with Gasteiger partial charge in [-0.15, -0.1) is 0 Å². The van der Waals surface area contributed by atoms with Crippen molar-refractivity contribution in [2.45, 2.75) is 11.8 Å². The second-order valence-corrected chi connectivity index (χ2v) is 6.36. The van der Waals surface area contributed by atoms with Crippen LogP contribution in [0.1, 0.15) is 12.5 Å². The quantitative estimate of drug-likeness (QED) is 0.793. The summed E-state index contributed by atoms with van der Waals surface area (Å²) in [5.74, 6) is 0.698. The maximum absolute atomic E-state index is 12.4. The van der Waals surface area contributed by atoms with E-state index in [1.807, 2.05) is 6.92 Å². The van der Waals surface area contributed by atoms with E-state index in [9.17, 15) is 13.7 Å². The van der Waals surface area contributed by atoms with Gasteiger partial charge in [-0.3, -0.25) is 0 Å². The minimum atomic E-state index is -3.80. The first-order chi connectivity index (χ1) is 10.6. The lowest BCUT2D eigenvalue weighted by Gasteiger charge is -2.04. The van der Waals surface area contributed by atoms with Crippen LogP contribution in [0.25, 0.3) is 6.08 Å². The van der Waals surface area contributed by atoms with E-state index in [1.54, 1.807) is 48.5 Å². The molecule has 2 aromatic rings. The van der Waals surface area contributed by atoms with Crippen LogP contribution >= 0.6 is 0 Å². The third-order valence-corrected chi connectivity index (χ3v) is 4.62. The molecule has 0 aromatic heterocycles. The fourth-order valence-corrected chi connectivity index (χ4v) is 3.06. The van der Waals surface area contributed by atoms with E-state index in [0.717, 1.165) is 0 Å². The van der Waals surface area contributed by atoms with Crippen LogP contribution in [-0.2, 0) is 9.84 Å². The number of nitrogens with zero attached hydrogens (tertiary/aromatic N) is 1. The second kappa shape index (κ2) is 6.92. The maximum Gasteiger partial charge on any atom is 0.216 e. The predicted molar refractivity (Wildman–Crippen MR) is 84.8 cm³/mol. The summed E-state index contributed by atoms with van der Waals surface area (Å²) < 4.78 is 30.2. The van der Waals surface area contributed by atoms with Crippen LogP contribution in [0.15, 0.2) is 64.4 Å². The van der Waals surface area contributed by atoms with Crippen molar-refractivity contribution in [3.05, 3.63) is 65.1 Å². The van der Waals surface area contributed by atoms with Gasteiger partial charge in [0, 0.05) is 0 Å². The van der Waals surface area contributed by atoms with E-state index in [2.05, 4.69) is 0 Å². The van der Waals surface area contributed by atoms with Gasteiger partial charge in [-0.2, -0.15) is 5.26 Å². The van der Waals surface area contributed by atoms with Gasteiger partial charge in [-0.05, 0) is 42.8 Å². The van der Waals surface area contributed by atoms with Crippen LogP contribution in [0.3, 0.4) is 0 Å². The van der Waals surface area contributed by atoms with Gasteiger partial charge in [-0.25, -0.2) is 8.42 Å². The molecule has 0 saturated carbocycles. The molecule has 0 aliphatic carbocycles. The van der Waals surface area contributed by atoms with Crippen LogP contribution < -0.4 is 4.74 Å². The first-order valence-electron chi connectivity index (χ1n) is 6.72. The Morgan fingerprint density at radius 1 is 1.14 bits per heavy atom. The number of nitriles is 1. The van der Waals surface area contributed by atoms with Gasteiger partial charge in [0.2, 0.25) is 9.84 Å². The Morgan fingerprint density at radius 2 is 1.77 bits per heavy atom. The summed E-state index contributed by atoms with van der Waals surface area (Å²) >= 11 is 0. The summed E-state index contributed by atoms with van der Waals surface area (Å²) in [6, 6.07) is 16.6. The summed E-state index contributed by atoms with van der Waals surface area (Å²) in [5, 5.41) is 9.20. The molecule has 0 aliphatic rings. The first kappa shape index (κ1) is 15.8. The molecule has 0 N–H and O–H groups in total. The van der Waals surface area contributed by atoms with Gasteiger partial charge in [0.05, 0.1) is 11.5 Å². The van der Waals surface area contributed by atoms with Gasteiger partial charge in [0.1, 0.15) is 16.7 Å². The molecule has 2 aromatic carbocycles. The van der Waals surface area contributed by atoms with Crippen molar-refractivity contribution in [2.24, 2.45) is 0 Å². The van der Waals surface area contributed by atoms with Gasteiger partial charge < -0.3 is 4.74 Å². The molecular weight excluding hydrogens is 298 g/mol. The fraction of sp³-hybridized carbons (Fsp3) is 0.118. The van der Waals surface area contributed by atoms with Crippen LogP contribution in [0.5, 0.6) is 5.75 Å². The Bertz CT molecular complexity index is 801. The van der Waals surface area contributed by atoms with E-state index in [0.29, 0.717) is 17.9 Å². The van der Waals surface area contributed by atoms with Crippen molar-refractivity contribution in [3.8, 4) is 11.8 Å². The topological polar surface area (TPSA) is 67.2 Å². The minimum absolute atomic E-state index is 0.105. The van der Waals surface area contributed by atoms with Crippen molar-refractivity contribution >= 4 is 15.9 Å². The van der Waals surface area contributed by atoms with Crippen molar-refractivity contribution in [1.29, 1.82) is 5.26 Å². The summed E-state index contributed by atoms with van der Waals surface area (Å²) in [6.07, 6.45) is 1.36. The molecule has 112 valence electrons. The molecule has 0 amide bonds. The number of sulfone groups is 1. The largest absolute Gasteiger partial charge is 0.494 e. The van der Waals surface area contributed by atoms with Crippen molar-refractivity contribution in [1.82, 2.24) is 0 Å². The Hall–Kier alpha value is -2.58. The Labute approximate surface area is 130 Å². The molecule has 5 heteroatoms. The molecule has 0 aliphatic heterocycles. The predicted octanol–water partition coefficient (Wildman–Crippen LogP) is 3.42. The monoisotopic (exact) mass is 313 g/mol. The molecule has 0 atom stereocenters. The molecule has 22 heavy (non-hydrogen) atoms. The van der Waals surface area contributed by atoms with Crippen molar-refractivity contribution in [3.63, 3.8) is 0 Å². The third kappa shape index (κ3) is 3.54. The zero-order valence-electron chi connectivity index (χ0n) is 12.1. The Kier molecular flexibility index (Phi) is 4.97. The second-order valence-electron chi connectivity index (χ2n) is 4.44. The standard InChI is InChI=1S/C17H15NO3S/c1-2-21-15-10-8-14(9-11-15)12-17(13-18)22(19,20)16-6-4-3-5-7-16/h3-12H,2H2,1H3/b17-12-. The van der Waals surface area contributed by atoms with Crippen LogP contribution in [-0.4, -0.2) is 15.0 Å². The zero-order valence-corrected chi connectivity index (χ0v) is 12.9. The average Bonchev–Trinajstić information content (AvgIpc) is 2.55. The normalized spacial score (nSPS) is 11.7. The number of hydrogen-bond acceptors (Lipinski definition) is 4. The van der Waals surface area contributed by atoms with Crippen molar-refractivity contribution in [2.75, 3.05) is 6.61 Å². The van der Waals surface area contributed by atoms with Gasteiger partial charge >= 0.3 is 0 Å². The highest BCUT2D eigenvalue weighted by molar-refractivity contribution is 7.95. The maximum atomic E-state index is 12.4. The molecule has 0 bridgehead atoms. The number of benzene rings is 2. The molecule has 0 heterocycles. The molecule has 0 radical (unpaired) electrons. The zero-order chi connectivity index (χ0) is 16.0. The molecule has 2 rings (SSSR count). The third-order valence-electron chi connectivity index (χ3n) is 2.94. The highest BCUT2D eigenvalue weighted by Gasteiger charge is 2.20. The molecule has 0 unspecified atom stereocenters. The SMILES string of the molecule is CCOc1ccc(/C=C(/C#N)S(=O)(=O)c2ccccc2)cc1. The lowest BCUT2D eigenvalue weighted by Crippen LogP contribution is -2.03. The number of allylic oxidation sites excluding steroid dienone is 1. The summed E-state index contributed by atoms with van der Waals surface area (Å²) in [5.41, 5.74) is 0.625. The fourth-order valence-electron chi connectivity index (χ4n) is 1.87. The molecule has 0 fully saturated rings. The van der Waals surface area contributed by atoms with Crippen molar-refractivity contribution < 1.29 is 13.2 Å². The van der Waals surface area contributed by atoms with Gasteiger partial charge in [-0.1, -0.05) is 30.3 Å². The van der Waals surface area contributed by atoms with Crippen LogP contribution in [0, 0.1) is 11.3 Å². The van der Waals surface area contributed by atoms with E-state index in [4.69, 9.17) is 4.74 Å². The van der Waals surface area contributed by atoms with Crippen LogP contribution in [0.2, 0.25) is 0 Å². The summed E-state index contributed by atoms with van der Waals surface area (Å²) in [4.78, 5) is -0.184. The Balaban J connectivity index is 2.37. The smallest absolute Gasteiger partial charge is 0.216 e. The number of rotatable bonds is 5. The molecule has 4 nitrogen and oxygen atoms in total. The van der Waals surface area contributed by atoms with E-state index in [-0.39, 0.29) is 9.80 Å². The Morgan fingerprint density at radius 3 is 2.32 bits per heavy atom. The highest BCUT2D eigenvalue weighted by atomic mass is 32.2. The van der Waals surface area contributed by atoms with E-state index >= 15 is 0 Å². The minimum Gasteiger partial charge on any atom is -0.494 e. The summed E-state index contributed by atoms with van der Waals surface area (Å²) in [7, 11) is -3.80. The highest BCUT2D eigenvalue weighted by Crippen LogP contribution is 2.22. The van der Waals surface area contributed by atoms with E-state index < -0.39 is 9.84 Å². The summed E-state index contributed by atoms with van der Waals surface area (Å²) in [6.45, 7) is 2.44. The van der Waals surface area contributed by atoms with Crippen LogP contribution in [0.4, 0.5) is 0 Å². The van der Waals surface area contributed by atoms with Gasteiger partial charge in [0.15, 0.2) is 0 Å². The average molecular weight is 313 g/mol. The lowest BCUT2D eigenvalue weighted by atomic mass is 10.2. The molecular formula is C17H15NO3S.